The van der Waals surface area contributed by atoms with E-state index in [1.54, 1.807) is 11.0 Å². The monoisotopic (exact) mass is 391 g/mol. The number of hydrogen-bond acceptors (Lipinski definition) is 6. The third-order valence-electron chi connectivity index (χ3n) is 4.97. The molecule has 3 rings (SSSR count). The zero-order valence-corrected chi connectivity index (χ0v) is 16.7. The predicted molar refractivity (Wildman–Crippen MR) is 99.5 cm³/mol. The minimum Gasteiger partial charge on any atom is -0.495 e. The van der Waals surface area contributed by atoms with Gasteiger partial charge in [0.05, 0.1) is 19.8 Å². The zero-order valence-electron chi connectivity index (χ0n) is 16.7. The first kappa shape index (κ1) is 20.4. The van der Waals surface area contributed by atoms with Crippen molar-refractivity contribution in [3.05, 3.63) is 29.1 Å². The summed E-state index contributed by atoms with van der Waals surface area (Å²) in [5.74, 6) is -0.446. The van der Waals surface area contributed by atoms with Crippen molar-refractivity contribution in [3.63, 3.8) is 0 Å². The Kier molecular flexibility index (Phi) is 5.77. The number of carbonyl (C=O) groups is 1. The molecule has 2 aliphatic heterocycles. The van der Waals surface area contributed by atoms with E-state index >= 15 is 0 Å². The molecule has 28 heavy (non-hydrogen) atoms. The van der Waals surface area contributed by atoms with E-state index in [1.807, 2.05) is 26.8 Å². The Morgan fingerprint density at radius 2 is 2.07 bits per heavy atom. The third-order valence-corrected chi connectivity index (χ3v) is 4.97. The number of hydrogen-bond donors (Lipinski definition) is 0. The van der Waals surface area contributed by atoms with Crippen LogP contribution in [0.3, 0.4) is 0 Å². The maximum Gasteiger partial charge on any atom is 0.410 e. The molecule has 2 aliphatic rings. The lowest BCUT2D eigenvalue weighted by atomic mass is 9.94. The van der Waals surface area contributed by atoms with Crippen LogP contribution >= 0.6 is 0 Å². The molecule has 0 saturated carbocycles. The third kappa shape index (κ3) is 4.05. The average Bonchev–Trinajstić information content (AvgIpc) is 2.65. The van der Waals surface area contributed by atoms with Crippen LogP contribution in [-0.4, -0.2) is 67.4 Å². The summed E-state index contributed by atoms with van der Waals surface area (Å²) in [6.45, 7) is 8.44. The standard InChI is InChI=1S/C20H26FN3O4/c1-20(2,3)28-19(25)24-8-7-23-9-10-27-18(16(23)12-24)13-5-6-15(21)14(11-22)17(13)26-4/h5-6,16,18H,7-10,12H2,1-4H3. The van der Waals surface area contributed by atoms with E-state index in [0.29, 0.717) is 31.8 Å². The second kappa shape index (κ2) is 7.94. The van der Waals surface area contributed by atoms with Gasteiger partial charge in [0, 0.05) is 31.7 Å². The van der Waals surface area contributed by atoms with Crippen LogP contribution in [0.1, 0.15) is 38.0 Å². The molecule has 2 heterocycles. The molecule has 2 unspecified atom stereocenters. The van der Waals surface area contributed by atoms with Gasteiger partial charge in [0.2, 0.25) is 0 Å². The Labute approximate surface area is 164 Å². The van der Waals surface area contributed by atoms with Crippen molar-refractivity contribution in [3.8, 4) is 11.8 Å². The van der Waals surface area contributed by atoms with Crippen LogP contribution in [0.2, 0.25) is 0 Å². The Morgan fingerprint density at radius 3 is 2.71 bits per heavy atom. The number of halogens is 1. The van der Waals surface area contributed by atoms with Gasteiger partial charge in [-0.25, -0.2) is 9.18 Å². The predicted octanol–water partition coefficient (Wildman–Crippen LogP) is 2.70. The van der Waals surface area contributed by atoms with Crippen LogP contribution < -0.4 is 4.74 Å². The van der Waals surface area contributed by atoms with Gasteiger partial charge in [-0.15, -0.1) is 0 Å². The van der Waals surface area contributed by atoms with E-state index in [1.165, 1.54) is 13.2 Å². The Hall–Kier alpha value is -2.37. The minimum absolute atomic E-state index is 0.138. The molecule has 0 aliphatic carbocycles. The van der Waals surface area contributed by atoms with Crippen LogP contribution in [0.5, 0.6) is 5.75 Å². The number of carbonyl (C=O) groups excluding carboxylic acids is 1. The van der Waals surface area contributed by atoms with Gasteiger partial charge < -0.3 is 19.1 Å². The number of nitrogens with zero attached hydrogens (tertiary/aromatic N) is 3. The van der Waals surface area contributed by atoms with Crippen molar-refractivity contribution >= 4 is 6.09 Å². The fraction of sp³-hybridized carbons (Fsp3) is 0.600. The molecule has 0 bridgehead atoms. The fourth-order valence-corrected chi connectivity index (χ4v) is 3.73. The van der Waals surface area contributed by atoms with Gasteiger partial charge in [-0.2, -0.15) is 5.26 Å². The SMILES string of the molecule is COc1c(C2OCCN3CCN(C(=O)OC(C)(C)C)CC23)ccc(F)c1C#N. The fourth-order valence-electron chi connectivity index (χ4n) is 3.73. The van der Waals surface area contributed by atoms with Crippen molar-refractivity contribution in [2.24, 2.45) is 0 Å². The summed E-state index contributed by atoms with van der Waals surface area (Å²) in [5.41, 5.74) is -0.0971. The van der Waals surface area contributed by atoms with Gasteiger partial charge in [-0.3, -0.25) is 4.90 Å². The quantitative estimate of drug-likeness (QED) is 0.772. The van der Waals surface area contributed by atoms with Gasteiger partial charge in [0.1, 0.15) is 34.9 Å². The summed E-state index contributed by atoms with van der Waals surface area (Å²) >= 11 is 0. The van der Waals surface area contributed by atoms with Crippen LogP contribution in [0.4, 0.5) is 9.18 Å². The number of benzene rings is 1. The molecule has 0 aromatic heterocycles. The Morgan fingerprint density at radius 1 is 1.32 bits per heavy atom. The highest BCUT2D eigenvalue weighted by atomic mass is 19.1. The summed E-state index contributed by atoms with van der Waals surface area (Å²) in [5, 5.41) is 9.32. The van der Waals surface area contributed by atoms with Crippen molar-refractivity contribution in [1.29, 1.82) is 5.26 Å². The molecule has 2 fully saturated rings. The first-order valence-electron chi connectivity index (χ1n) is 9.35. The van der Waals surface area contributed by atoms with E-state index in [4.69, 9.17) is 14.2 Å². The maximum atomic E-state index is 14.0. The summed E-state index contributed by atoms with van der Waals surface area (Å²) in [7, 11) is 1.41. The molecule has 8 heteroatoms. The molecule has 2 atom stereocenters. The average molecular weight is 391 g/mol. The second-order valence-electron chi connectivity index (χ2n) is 7.98. The van der Waals surface area contributed by atoms with Gasteiger partial charge in [0.25, 0.3) is 0 Å². The number of ether oxygens (including phenoxy) is 3. The number of morpholine rings is 1. The molecule has 0 N–H and O–H groups in total. The number of fused-ring (bicyclic) bond motifs is 1. The number of rotatable bonds is 2. The largest absolute Gasteiger partial charge is 0.495 e. The van der Waals surface area contributed by atoms with Crippen LogP contribution in [0.25, 0.3) is 0 Å². The summed E-state index contributed by atoms with van der Waals surface area (Å²) in [6, 6.07) is 4.58. The minimum atomic E-state index is -0.630. The van der Waals surface area contributed by atoms with Gasteiger partial charge in [-0.1, -0.05) is 0 Å². The van der Waals surface area contributed by atoms with Gasteiger partial charge in [-0.05, 0) is 32.9 Å². The summed E-state index contributed by atoms with van der Waals surface area (Å²) in [6.07, 6.45) is -0.804. The highest BCUT2D eigenvalue weighted by Crippen LogP contribution is 2.38. The number of nitriles is 1. The summed E-state index contributed by atoms with van der Waals surface area (Å²) < 4.78 is 30.9. The Balaban J connectivity index is 1.89. The molecule has 2 saturated heterocycles. The first-order valence-corrected chi connectivity index (χ1v) is 9.35. The Bertz CT molecular complexity index is 787. The number of methoxy groups -OCH3 is 1. The van der Waals surface area contributed by atoms with E-state index in [2.05, 4.69) is 4.90 Å². The molecule has 0 radical (unpaired) electrons. The van der Waals surface area contributed by atoms with E-state index < -0.39 is 17.5 Å². The van der Waals surface area contributed by atoms with Crippen LogP contribution in [0, 0.1) is 17.1 Å². The molecule has 1 aromatic carbocycles. The van der Waals surface area contributed by atoms with Crippen molar-refractivity contribution in [1.82, 2.24) is 9.80 Å². The van der Waals surface area contributed by atoms with E-state index in [9.17, 15) is 14.4 Å². The topological polar surface area (TPSA) is 75.0 Å². The molecule has 0 spiro atoms. The molecular formula is C20H26FN3O4. The number of amides is 1. The van der Waals surface area contributed by atoms with Crippen molar-refractivity contribution in [2.45, 2.75) is 38.5 Å². The highest BCUT2D eigenvalue weighted by molar-refractivity contribution is 5.68. The lowest BCUT2D eigenvalue weighted by molar-refractivity contribution is -0.100. The molecule has 1 aromatic rings. The number of piperazine rings is 1. The lowest BCUT2D eigenvalue weighted by Gasteiger charge is -2.47. The normalized spacial score (nSPS) is 22.9. The van der Waals surface area contributed by atoms with Gasteiger partial charge in [0.15, 0.2) is 0 Å². The zero-order chi connectivity index (χ0) is 20.5. The first-order chi connectivity index (χ1) is 13.2. The lowest BCUT2D eigenvalue weighted by Crippen LogP contribution is -2.60. The molecule has 152 valence electrons. The van der Waals surface area contributed by atoms with Crippen molar-refractivity contribution in [2.75, 3.05) is 39.9 Å². The smallest absolute Gasteiger partial charge is 0.410 e. The van der Waals surface area contributed by atoms with Crippen LogP contribution in [-0.2, 0) is 9.47 Å². The van der Waals surface area contributed by atoms with E-state index in [0.717, 1.165) is 6.54 Å². The summed E-state index contributed by atoms with van der Waals surface area (Å²) in [4.78, 5) is 16.5. The second-order valence-corrected chi connectivity index (χ2v) is 7.98. The van der Waals surface area contributed by atoms with E-state index in [-0.39, 0.29) is 23.4 Å². The van der Waals surface area contributed by atoms with Crippen molar-refractivity contribution < 1.29 is 23.4 Å². The highest BCUT2D eigenvalue weighted by Gasteiger charge is 2.41. The van der Waals surface area contributed by atoms with Gasteiger partial charge >= 0.3 is 6.09 Å². The molecular weight excluding hydrogens is 365 g/mol. The molecule has 1 amide bonds. The van der Waals surface area contributed by atoms with Crippen LogP contribution in [0.15, 0.2) is 12.1 Å². The maximum absolute atomic E-state index is 14.0. The molecule has 7 nitrogen and oxygen atoms in total.